The molecule has 0 radical (unpaired) electrons. The van der Waals surface area contributed by atoms with E-state index in [0.29, 0.717) is 17.8 Å². The fraction of sp³-hybridized carbons (Fsp3) is 0.263. The van der Waals surface area contributed by atoms with Crippen molar-refractivity contribution < 1.29 is 9.59 Å². The Kier molecular flexibility index (Phi) is 4.42. The van der Waals surface area contributed by atoms with Crippen molar-refractivity contribution in [3.05, 3.63) is 60.7 Å². The van der Waals surface area contributed by atoms with Crippen LogP contribution in [0.2, 0.25) is 0 Å². The number of hydrazine groups is 1. The molecule has 0 aromatic heterocycles. The highest BCUT2D eigenvalue weighted by atomic mass is 16.2. The summed E-state index contributed by atoms with van der Waals surface area (Å²) in [6.07, 6.45) is 2.43. The SMILES string of the molecule is CCCCC1C(=O)N([13c]2[13cH][13cH][13cH][13cH][13cH]2)N([13c]2[13cH][13cH][13cH][13cH][13cH]2)C1=O. The lowest BCUT2D eigenvalue weighted by Gasteiger charge is -2.27. The fourth-order valence-corrected chi connectivity index (χ4v) is 2.88. The number of rotatable bonds is 5. The standard InChI is InChI=1S/C19H20N2O2/c1-2-3-14-17-18(22)20(15-10-6-4-7-11-15)21(19(17)23)16-12-8-5-9-13-16/h4-13,17H,2-3,14H2,1H3/i4+1,5+1,6+1,7+1,8+1,9+1,10+1,11+1,12+1,13+1,15+1,16+1. The molecule has 4 nitrogen and oxygen atoms in total. The van der Waals surface area contributed by atoms with Crippen molar-refractivity contribution in [2.24, 2.45) is 5.92 Å². The maximum absolute atomic E-state index is 12.9. The third-order valence-electron chi connectivity index (χ3n) is 4.06. The Morgan fingerprint density at radius 3 is 1.61 bits per heavy atom. The van der Waals surface area contributed by atoms with Gasteiger partial charge in [0.15, 0.2) is 0 Å². The number of unbranched alkanes of at least 4 members (excludes halogenated alkanes) is 1. The van der Waals surface area contributed by atoms with Crippen LogP contribution < -0.4 is 10.0 Å². The van der Waals surface area contributed by atoms with Gasteiger partial charge in [-0.1, -0.05) is 56.2 Å². The topological polar surface area (TPSA) is 40.6 Å². The zero-order chi connectivity index (χ0) is 16.2. The first kappa shape index (κ1) is 15.3. The third kappa shape index (κ3) is 2.84. The summed E-state index contributed by atoms with van der Waals surface area (Å²) in [6, 6.07) is 18.7. The van der Waals surface area contributed by atoms with E-state index in [9.17, 15) is 9.59 Å². The first-order valence-corrected chi connectivity index (χ1v) is 8.02. The molecule has 1 heterocycles. The highest BCUT2D eigenvalue weighted by Gasteiger charge is 2.46. The van der Waals surface area contributed by atoms with Crippen LogP contribution in [-0.4, -0.2) is 11.8 Å². The van der Waals surface area contributed by atoms with Crippen molar-refractivity contribution in [3.8, 4) is 0 Å². The molecule has 2 aromatic rings. The Morgan fingerprint density at radius 2 is 1.22 bits per heavy atom. The molecule has 0 N–H and O–H groups in total. The molecule has 3 rings (SSSR count). The first-order chi connectivity index (χ1) is 11.2. The highest BCUT2D eigenvalue weighted by Crippen LogP contribution is 2.33. The van der Waals surface area contributed by atoms with Gasteiger partial charge in [-0.05, 0) is 30.7 Å². The minimum atomic E-state index is -0.588. The molecule has 1 saturated heterocycles. The van der Waals surface area contributed by atoms with Crippen molar-refractivity contribution >= 4 is 23.2 Å². The Morgan fingerprint density at radius 1 is 0.783 bits per heavy atom. The normalized spacial score (nSPS) is 15.5. The Balaban J connectivity index is 2.02. The lowest BCUT2D eigenvalue weighted by molar-refractivity contribution is -0.127. The zero-order valence-corrected chi connectivity index (χ0v) is 13.2. The van der Waals surface area contributed by atoms with E-state index < -0.39 is 5.92 Å². The van der Waals surface area contributed by atoms with E-state index in [0.717, 1.165) is 12.8 Å². The van der Waals surface area contributed by atoms with Crippen molar-refractivity contribution in [2.75, 3.05) is 10.0 Å². The van der Waals surface area contributed by atoms with Crippen LogP contribution in [0.4, 0.5) is 11.4 Å². The minimum Gasteiger partial charge on any atom is -0.272 e. The molecule has 118 valence electrons. The van der Waals surface area contributed by atoms with Gasteiger partial charge in [-0.25, -0.2) is 10.0 Å². The number of para-hydroxylation sites is 2. The van der Waals surface area contributed by atoms with Gasteiger partial charge in [0.25, 0.3) is 11.8 Å². The van der Waals surface area contributed by atoms with E-state index in [1.165, 1.54) is 10.0 Å². The van der Waals surface area contributed by atoms with Crippen LogP contribution in [0.1, 0.15) is 26.2 Å². The lowest BCUT2D eigenvalue weighted by Crippen LogP contribution is -2.41. The van der Waals surface area contributed by atoms with Gasteiger partial charge >= 0.3 is 0 Å². The zero-order valence-electron chi connectivity index (χ0n) is 13.2. The van der Waals surface area contributed by atoms with E-state index in [4.69, 9.17) is 0 Å². The van der Waals surface area contributed by atoms with Gasteiger partial charge in [-0.2, -0.15) is 0 Å². The lowest BCUT2D eigenvalue weighted by atomic mass is 10.0. The van der Waals surface area contributed by atoms with Gasteiger partial charge in [0.1, 0.15) is 5.92 Å². The van der Waals surface area contributed by atoms with Crippen molar-refractivity contribution in [1.29, 1.82) is 0 Å². The Hall–Kier alpha value is -2.62. The van der Waals surface area contributed by atoms with Crippen LogP contribution in [0, 0.1) is 5.92 Å². The maximum atomic E-state index is 12.9. The summed E-state index contributed by atoms with van der Waals surface area (Å²) in [4.78, 5) is 25.7. The number of carbonyl (C=O) groups excluding carboxylic acids is 2. The van der Waals surface area contributed by atoms with Gasteiger partial charge in [0.05, 0.1) is 11.4 Å². The van der Waals surface area contributed by atoms with E-state index in [1.807, 2.05) is 60.7 Å². The number of carbonyl (C=O) groups is 2. The molecule has 1 aliphatic rings. The van der Waals surface area contributed by atoms with Crippen LogP contribution in [0.15, 0.2) is 60.7 Å². The predicted molar refractivity (Wildman–Crippen MR) is 90.9 cm³/mol. The molecule has 2 aromatic carbocycles. The predicted octanol–water partition coefficient (Wildman–Crippen LogP) is 3.79. The van der Waals surface area contributed by atoms with E-state index >= 15 is 0 Å². The average Bonchev–Trinajstić information content (AvgIpc) is 2.85. The van der Waals surface area contributed by atoms with Crippen LogP contribution in [0.5, 0.6) is 0 Å². The molecule has 1 fully saturated rings. The van der Waals surface area contributed by atoms with Crippen molar-refractivity contribution in [1.82, 2.24) is 0 Å². The summed E-state index contributed by atoms with van der Waals surface area (Å²) >= 11 is 0. The van der Waals surface area contributed by atoms with Gasteiger partial charge in [0.2, 0.25) is 0 Å². The third-order valence-corrected chi connectivity index (χ3v) is 4.06. The highest BCUT2D eigenvalue weighted by molar-refractivity contribution is 6.22. The molecule has 0 unspecified atom stereocenters. The Labute approximate surface area is 136 Å². The van der Waals surface area contributed by atoms with Gasteiger partial charge in [0, 0.05) is 0 Å². The summed E-state index contributed by atoms with van der Waals surface area (Å²) in [5.74, 6) is -0.868. The quantitative estimate of drug-likeness (QED) is 0.787. The van der Waals surface area contributed by atoms with Gasteiger partial charge in [-0.3, -0.25) is 9.59 Å². The molecule has 0 saturated carbocycles. The molecule has 0 atom stereocenters. The molecular formula is C19H20N2O2. The minimum absolute atomic E-state index is 0.140. The molecule has 0 aliphatic carbocycles. The number of hydrogen-bond donors (Lipinski definition) is 0. The second kappa shape index (κ2) is 6.65. The van der Waals surface area contributed by atoms with E-state index in [-0.39, 0.29) is 11.8 Å². The molecule has 1 aliphatic heterocycles. The summed E-state index contributed by atoms with van der Waals surface area (Å²) < 4.78 is 0. The number of nitrogens with zero attached hydrogens (tertiary/aromatic N) is 2. The Bertz CT molecular complexity index is 628. The van der Waals surface area contributed by atoms with Crippen molar-refractivity contribution in [2.45, 2.75) is 26.2 Å². The molecule has 0 bridgehead atoms. The number of hydrogen-bond acceptors (Lipinski definition) is 2. The first-order valence-electron chi connectivity index (χ1n) is 8.02. The number of benzene rings is 2. The maximum Gasteiger partial charge on any atom is 0.258 e. The van der Waals surface area contributed by atoms with Crippen LogP contribution >= 0.6 is 0 Å². The van der Waals surface area contributed by atoms with Crippen molar-refractivity contribution in [3.63, 3.8) is 0 Å². The fourth-order valence-electron chi connectivity index (χ4n) is 2.88. The smallest absolute Gasteiger partial charge is 0.258 e. The molecule has 23 heavy (non-hydrogen) atoms. The van der Waals surface area contributed by atoms with E-state index in [1.54, 1.807) is 0 Å². The molecule has 2 amide bonds. The number of amides is 2. The van der Waals surface area contributed by atoms with Crippen LogP contribution in [-0.2, 0) is 9.59 Å². The summed E-state index contributed by atoms with van der Waals surface area (Å²) in [5.41, 5.74) is 1.43. The largest absolute Gasteiger partial charge is 0.272 e. The second-order valence-electron chi connectivity index (χ2n) is 5.67. The summed E-state index contributed by atoms with van der Waals surface area (Å²) in [6.45, 7) is 2.06. The summed E-state index contributed by atoms with van der Waals surface area (Å²) in [5, 5.41) is 3.02. The van der Waals surface area contributed by atoms with E-state index in [2.05, 4.69) is 6.92 Å². The second-order valence-corrected chi connectivity index (χ2v) is 5.67. The van der Waals surface area contributed by atoms with Gasteiger partial charge in [-0.15, -0.1) is 0 Å². The molecular weight excluding hydrogens is 300 g/mol. The van der Waals surface area contributed by atoms with Crippen LogP contribution in [0.3, 0.4) is 0 Å². The average molecular weight is 320 g/mol. The number of anilines is 2. The summed E-state index contributed by atoms with van der Waals surface area (Å²) in [7, 11) is 0. The monoisotopic (exact) mass is 320 g/mol. The molecule has 0 spiro atoms. The van der Waals surface area contributed by atoms with Crippen LogP contribution in [0.25, 0.3) is 0 Å². The van der Waals surface area contributed by atoms with Gasteiger partial charge < -0.3 is 0 Å². The molecule has 4 heteroatoms.